The standard InChI is InChI=1S/C12H9ClN2O6S2/c13-9-1-5-11(6-2-9)22(18,19)14-23(20,21)12-7-3-10(4-8-12)15(16)17/h1-8,14H. The molecule has 2 rings (SSSR count). The third kappa shape index (κ3) is 4.05. The lowest BCUT2D eigenvalue weighted by molar-refractivity contribution is -0.384. The van der Waals surface area contributed by atoms with Crippen molar-refractivity contribution >= 4 is 37.3 Å². The summed E-state index contributed by atoms with van der Waals surface area (Å²) in [6.07, 6.45) is 0. The summed E-state index contributed by atoms with van der Waals surface area (Å²) in [5.74, 6) is 0. The van der Waals surface area contributed by atoms with Crippen LogP contribution in [0, 0.1) is 10.1 Å². The Kier molecular flexibility index (Phi) is 4.71. The highest BCUT2D eigenvalue weighted by molar-refractivity contribution is 8.04. The van der Waals surface area contributed by atoms with Crippen molar-refractivity contribution in [3.8, 4) is 0 Å². The van der Waals surface area contributed by atoms with Crippen molar-refractivity contribution in [3.63, 3.8) is 0 Å². The number of halogens is 1. The Balaban J connectivity index is 2.33. The molecule has 0 aliphatic carbocycles. The molecule has 0 amide bonds. The molecule has 0 bridgehead atoms. The van der Waals surface area contributed by atoms with Crippen LogP contribution in [0.1, 0.15) is 0 Å². The van der Waals surface area contributed by atoms with Crippen LogP contribution in [0.25, 0.3) is 0 Å². The molecular weight excluding hydrogens is 368 g/mol. The van der Waals surface area contributed by atoms with Gasteiger partial charge >= 0.3 is 0 Å². The number of nitro benzene ring substituents is 1. The van der Waals surface area contributed by atoms with Gasteiger partial charge in [-0.25, -0.2) is 16.8 Å². The SMILES string of the molecule is O=[N+]([O-])c1ccc(S(=O)(=O)NS(=O)(=O)c2ccc(Cl)cc2)cc1. The minimum absolute atomic E-state index is 0.285. The molecule has 0 unspecified atom stereocenters. The Bertz CT molecular complexity index is 938. The number of nitrogens with one attached hydrogen (secondary N) is 1. The van der Waals surface area contributed by atoms with Crippen molar-refractivity contribution in [2.45, 2.75) is 9.79 Å². The fourth-order valence-corrected chi connectivity index (χ4v) is 4.64. The summed E-state index contributed by atoms with van der Waals surface area (Å²) in [4.78, 5) is 9.14. The number of hydrogen-bond donors (Lipinski definition) is 1. The number of non-ortho nitro benzene ring substituents is 1. The van der Waals surface area contributed by atoms with E-state index in [-0.39, 0.29) is 10.6 Å². The molecular formula is C12H9ClN2O6S2. The monoisotopic (exact) mass is 376 g/mol. The van der Waals surface area contributed by atoms with Gasteiger partial charge in [-0.1, -0.05) is 11.6 Å². The third-order valence-corrected chi connectivity index (χ3v) is 6.49. The predicted octanol–water partition coefficient (Wildman–Crippen LogP) is 1.92. The van der Waals surface area contributed by atoms with Gasteiger partial charge in [0.1, 0.15) is 0 Å². The number of nitrogens with zero attached hydrogens (tertiary/aromatic N) is 1. The molecule has 1 N–H and O–H groups in total. The zero-order valence-electron chi connectivity index (χ0n) is 11.2. The Labute approximate surface area is 137 Å². The number of nitro groups is 1. The molecule has 0 spiro atoms. The first-order chi connectivity index (χ1) is 10.6. The number of rotatable bonds is 5. The predicted molar refractivity (Wildman–Crippen MR) is 82.1 cm³/mol. The van der Waals surface area contributed by atoms with Gasteiger partial charge in [0.25, 0.3) is 25.7 Å². The molecule has 0 aromatic heterocycles. The van der Waals surface area contributed by atoms with Gasteiger partial charge in [-0.05, 0) is 36.4 Å². The lowest BCUT2D eigenvalue weighted by Gasteiger charge is -2.08. The largest absolute Gasteiger partial charge is 0.269 e. The van der Waals surface area contributed by atoms with E-state index in [1.54, 1.807) is 4.13 Å². The van der Waals surface area contributed by atoms with Crippen molar-refractivity contribution in [1.29, 1.82) is 0 Å². The average Bonchev–Trinajstić information content (AvgIpc) is 2.46. The summed E-state index contributed by atoms with van der Waals surface area (Å²) >= 11 is 5.64. The Morgan fingerprint density at radius 2 is 1.22 bits per heavy atom. The van der Waals surface area contributed by atoms with E-state index in [9.17, 15) is 26.9 Å². The first kappa shape index (κ1) is 17.3. The minimum Gasteiger partial charge on any atom is -0.258 e. The van der Waals surface area contributed by atoms with Crippen molar-refractivity contribution in [3.05, 3.63) is 63.7 Å². The molecule has 2 aromatic rings. The van der Waals surface area contributed by atoms with Crippen molar-refractivity contribution in [2.75, 3.05) is 0 Å². The summed E-state index contributed by atoms with van der Waals surface area (Å²) in [5, 5.41) is 10.8. The number of hydrogen-bond acceptors (Lipinski definition) is 6. The summed E-state index contributed by atoms with van der Waals surface area (Å²) in [5.41, 5.74) is -0.315. The first-order valence-electron chi connectivity index (χ1n) is 5.90. The Morgan fingerprint density at radius 1 is 0.826 bits per heavy atom. The van der Waals surface area contributed by atoms with Gasteiger partial charge in [0.05, 0.1) is 14.7 Å². The molecule has 0 saturated heterocycles. The molecule has 0 heterocycles. The van der Waals surface area contributed by atoms with Crippen LogP contribution in [-0.2, 0) is 20.0 Å². The van der Waals surface area contributed by atoms with E-state index in [1.807, 2.05) is 0 Å². The Morgan fingerprint density at radius 3 is 1.61 bits per heavy atom. The second kappa shape index (κ2) is 6.24. The van der Waals surface area contributed by atoms with Gasteiger partial charge in [0.2, 0.25) is 0 Å². The van der Waals surface area contributed by atoms with Crippen LogP contribution in [0.2, 0.25) is 5.02 Å². The lowest BCUT2D eigenvalue weighted by Crippen LogP contribution is -2.30. The normalized spacial score (nSPS) is 12.0. The summed E-state index contributed by atoms with van der Waals surface area (Å²) in [6.45, 7) is 0. The number of sulfonamides is 2. The quantitative estimate of drug-likeness (QED) is 0.628. The van der Waals surface area contributed by atoms with Crippen molar-refractivity contribution in [2.24, 2.45) is 0 Å². The molecule has 0 aliphatic rings. The molecule has 23 heavy (non-hydrogen) atoms. The van der Waals surface area contributed by atoms with Gasteiger partial charge in [0, 0.05) is 17.2 Å². The highest BCUT2D eigenvalue weighted by Crippen LogP contribution is 2.19. The molecule has 122 valence electrons. The van der Waals surface area contributed by atoms with E-state index in [1.165, 1.54) is 12.1 Å². The van der Waals surface area contributed by atoms with Crippen LogP contribution in [-0.4, -0.2) is 21.8 Å². The smallest absolute Gasteiger partial charge is 0.258 e. The third-order valence-electron chi connectivity index (χ3n) is 2.70. The van der Waals surface area contributed by atoms with Gasteiger partial charge in [-0.15, -0.1) is 4.13 Å². The van der Waals surface area contributed by atoms with Crippen LogP contribution in [0.4, 0.5) is 5.69 Å². The molecule has 0 aliphatic heterocycles. The van der Waals surface area contributed by atoms with E-state index in [2.05, 4.69) is 0 Å². The molecule has 0 fully saturated rings. The van der Waals surface area contributed by atoms with Crippen LogP contribution in [0.15, 0.2) is 58.3 Å². The van der Waals surface area contributed by atoms with Crippen LogP contribution in [0.3, 0.4) is 0 Å². The molecule has 11 heteroatoms. The second-order valence-electron chi connectivity index (χ2n) is 4.30. The lowest BCUT2D eigenvalue weighted by atomic mass is 10.3. The topological polar surface area (TPSA) is 123 Å². The van der Waals surface area contributed by atoms with Crippen LogP contribution in [0.5, 0.6) is 0 Å². The first-order valence-corrected chi connectivity index (χ1v) is 9.25. The van der Waals surface area contributed by atoms with Gasteiger partial charge in [-0.2, -0.15) is 0 Å². The fourth-order valence-electron chi connectivity index (χ4n) is 1.60. The van der Waals surface area contributed by atoms with Gasteiger partial charge in [-0.3, -0.25) is 10.1 Å². The van der Waals surface area contributed by atoms with Crippen molar-refractivity contribution < 1.29 is 21.8 Å². The highest BCUT2D eigenvalue weighted by Gasteiger charge is 2.25. The van der Waals surface area contributed by atoms with Gasteiger partial charge < -0.3 is 0 Å². The minimum atomic E-state index is -4.41. The fraction of sp³-hybridized carbons (Fsp3) is 0. The van der Waals surface area contributed by atoms with E-state index in [0.717, 1.165) is 36.4 Å². The highest BCUT2D eigenvalue weighted by atomic mass is 35.5. The van der Waals surface area contributed by atoms with Crippen LogP contribution < -0.4 is 4.13 Å². The summed E-state index contributed by atoms with van der Waals surface area (Å²) in [6, 6.07) is 8.71. The summed E-state index contributed by atoms with van der Waals surface area (Å²) < 4.78 is 49.9. The zero-order valence-corrected chi connectivity index (χ0v) is 13.6. The molecule has 0 atom stereocenters. The molecule has 8 nitrogen and oxygen atoms in total. The van der Waals surface area contributed by atoms with E-state index >= 15 is 0 Å². The second-order valence-corrected chi connectivity index (χ2v) is 8.35. The van der Waals surface area contributed by atoms with E-state index in [0.29, 0.717) is 5.02 Å². The average molecular weight is 377 g/mol. The van der Waals surface area contributed by atoms with Gasteiger partial charge in [0.15, 0.2) is 0 Å². The maximum absolute atomic E-state index is 12.1. The molecule has 0 saturated carbocycles. The zero-order chi connectivity index (χ0) is 17.3. The van der Waals surface area contributed by atoms with E-state index < -0.39 is 29.9 Å². The maximum Gasteiger partial charge on any atom is 0.269 e. The van der Waals surface area contributed by atoms with Crippen molar-refractivity contribution in [1.82, 2.24) is 4.13 Å². The maximum atomic E-state index is 12.1. The van der Waals surface area contributed by atoms with Crippen LogP contribution >= 0.6 is 11.6 Å². The molecule has 2 aromatic carbocycles. The molecule has 0 radical (unpaired) electrons. The number of benzene rings is 2. The summed E-state index contributed by atoms with van der Waals surface area (Å²) in [7, 11) is -8.75. The Hall–Kier alpha value is -2.01. The van der Waals surface area contributed by atoms with E-state index in [4.69, 9.17) is 11.6 Å².